The van der Waals surface area contributed by atoms with Crippen LogP contribution >= 0.6 is 0 Å². The van der Waals surface area contributed by atoms with Crippen molar-refractivity contribution >= 4 is 10.9 Å². The number of benzene rings is 2. The van der Waals surface area contributed by atoms with Gasteiger partial charge in [0, 0.05) is 12.0 Å². The van der Waals surface area contributed by atoms with Crippen LogP contribution in [-0.4, -0.2) is 22.4 Å². The van der Waals surface area contributed by atoms with Gasteiger partial charge >= 0.3 is 0 Å². The number of aryl methyl sites for hydroxylation is 2. The molecule has 1 aliphatic rings. The first-order chi connectivity index (χ1) is 11.2. The van der Waals surface area contributed by atoms with Crippen LogP contribution in [0.3, 0.4) is 0 Å². The molecule has 5 heteroatoms. The average Bonchev–Trinajstić information content (AvgIpc) is 2.89. The number of nitrogens with zero attached hydrogens (tertiary/aromatic N) is 2. The number of hydrogen-bond donors (Lipinski definition) is 1. The summed E-state index contributed by atoms with van der Waals surface area (Å²) < 4.78 is 10.4. The van der Waals surface area contributed by atoms with Crippen molar-refractivity contribution < 1.29 is 20.0 Å². The minimum Gasteiger partial charge on any atom is -0.870 e. The van der Waals surface area contributed by atoms with Crippen LogP contribution in [0.15, 0.2) is 36.4 Å². The van der Waals surface area contributed by atoms with E-state index < -0.39 is 0 Å². The van der Waals surface area contributed by atoms with Gasteiger partial charge in [0.2, 0.25) is 5.69 Å². The molecule has 0 spiro atoms. The van der Waals surface area contributed by atoms with E-state index >= 15 is 0 Å². The Morgan fingerprint density at radius 2 is 1.88 bits per heavy atom. The molecule has 2 N–H and O–H groups in total. The van der Waals surface area contributed by atoms with Crippen molar-refractivity contribution in [3.63, 3.8) is 0 Å². The zero-order valence-electron chi connectivity index (χ0n) is 14.0. The van der Waals surface area contributed by atoms with Crippen LogP contribution in [0.1, 0.15) is 18.4 Å². The first-order valence-corrected chi connectivity index (χ1v) is 8.09. The van der Waals surface area contributed by atoms with Crippen LogP contribution in [-0.2, 0) is 13.1 Å². The molecule has 0 unspecified atom stereocenters. The van der Waals surface area contributed by atoms with E-state index in [2.05, 4.69) is 28.4 Å². The third-order valence-corrected chi connectivity index (χ3v) is 4.64. The van der Waals surface area contributed by atoms with Gasteiger partial charge in [0.1, 0.15) is 22.4 Å². The van der Waals surface area contributed by atoms with Gasteiger partial charge in [0.05, 0.1) is 13.7 Å². The molecule has 0 amide bonds. The highest BCUT2D eigenvalue weighted by Gasteiger charge is 2.30. The lowest BCUT2D eigenvalue weighted by molar-refractivity contribution is -0.770. The van der Waals surface area contributed by atoms with Crippen molar-refractivity contribution in [1.82, 2.24) is 4.68 Å². The quantitative estimate of drug-likeness (QED) is 0.735. The lowest BCUT2D eigenvalue weighted by Gasteiger charge is -2.10. The number of phenols is 1. The van der Waals surface area contributed by atoms with Gasteiger partial charge in [-0.25, -0.2) is 0 Å². The summed E-state index contributed by atoms with van der Waals surface area (Å²) in [6.45, 7) is 4.14. The Bertz CT molecular complexity index is 882. The van der Waals surface area contributed by atoms with Crippen molar-refractivity contribution in [3.8, 4) is 22.8 Å². The Morgan fingerprint density at radius 3 is 2.58 bits per heavy atom. The molecule has 3 aromatic rings. The summed E-state index contributed by atoms with van der Waals surface area (Å²) in [4.78, 5) is 0. The molecule has 2 aromatic carbocycles. The molecule has 24 heavy (non-hydrogen) atoms. The fraction of sp³-hybridized carbons (Fsp3) is 0.316. The number of aromatic nitrogens is 2. The van der Waals surface area contributed by atoms with Gasteiger partial charge < -0.3 is 15.3 Å². The predicted octanol–water partition coefficient (Wildman–Crippen LogP) is 3.24. The van der Waals surface area contributed by atoms with Crippen LogP contribution in [0.2, 0.25) is 0 Å². The predicted molar refractivity (Wildman–Crippen MR) is 91.7 cm³/mol. The van der Waals surface area contributed by atoms with Gasteiger partial charge in [0.15, 0.2) is 6.54 Å². The fourth-order valence-electron chi connectivity index (χ4n) is 3.63. The summed E-state index contributed by atoms with van der Waals surface area (Å²) in [7, 11) is 1.73. The number of phenolic OH excluding ortho intramolecular Hbond substituents is 1. The van der Waals surface area contributed by atoms with Gasteiger partial charge in [-0.2, -0.15) is 4.68 Å². The van der Waals surface area contributed by atoms with Gasteiger partial charge in [0.25, 0.3) is 0 Å². The highest BCUT2D eigenvalue weighted by atomic mass is 16.5. The molecule has 1 aliphatic heterocycles. The maximum Gasteiger partial charge on any atom is 0.250 e. The molecular formula is C19H22N2O3. The largest absolute Gasteiger partial charge is 0.870 e. The third-order valence-electron chi connectivity index (χ3n) is 4.64. The first-order valence-electron chi connectivity index (χ1n) is 8.09. The van der Waals surface area contributed by atoms with Crippen molar-refractivity contribution in [2.24, 2.45) is 0 Å². The second-order valence-electron chi connectivity index (χ2n) is 6.21. The Labute approximate surface area is 141 Å². The topological polar surface area (TPSA) is 68.3 Å². The van der Waals surface area contributed by atoms with Crippen LogP contribution in [0.5, 0.6) is 11.5 Å². The molecule has 0 bridgehead atoms. The van der Waals surface area contributed by atoms with E-state index in [4.69, 9.17) is 4.74 Å². The van der Waals surface area contributed by atoms with Crippen molar-refractivity contribution in [2.75, 3.05) is 7.11 Å². The van der Waals surface area contributed by atoms with E-state index in [9.17, 15) is 5.11 Å². The van der Waals surface area contributed by atoms with Crippen molar-refractivity contribution in [3.05, 3.63) is 42.0 Å². The Balaban J connectivity index is 0.00000169. The van der Waals surface area contributed by atoms with Gasteiger partial charge in [-0.3, -0.25) is 0 Å². The molecule has 126 valence electrons. The third kappa shape index (κ3) is 2.41. The van der Waals surface area contributed by atoms with Crippen LogP contribution in [0, 0.1) is 6.92 Å². The van der Waals surface area contributed by atoms with Crippen LogP contribution in [0.25, 0.3) is 22.2 Å². The fourth-order valence-corrected chi connectivity index (χ4v) is 3.63. The Kier molecular flexibility index (Phi) is 4.20. The zero-order valence-corrected chi connectivity index (χ0v) is 14.0. The average molecular weight is 326 g/mol. The van der Waals surface area contributed by atoms with Gasteiger partial charge in [-0.1, -0.05) is 0 Å². The molecule has 0 radical (unpaired) electrons. The van der Waals surface area contributed by atoms with Gasteiger partial charge in [-0.15, -0.1) is 4.68 Å². The van der Waals surface area contributed by atoms with E-state index in [1.54, 1.807) is 19.2 Å². The molecule has 0 fully saturated rings. The number of hydrogen-bond acceptors (Lipinski definition) is 3. The van der Waals surface area contributed by atoms with Crippen molar-refractivity contribution in [2.45, 2.75) is 32.9 Å². The first kappa shape index (κ1) is 16.3. The van der Waals surface area contributed by atoms with Crippen LogP contribution < -0.4 is 9.42 Å². The normalized spacial score (nSPS) is 13.4. The smallest absolute Gasteiger partial charge is 0.250 e. The minimum absolute atomic E-state index is 0. The summed E-state index contributed by atoms with van der Waals surface area (Å²) in [5.41, 5.74) is 4.72. The van der Waals surface area contributed by atoms with Gasteiger partial charge in [-0.05, 0) is 55.3 Å². The molecule has 0 aliphatic carbocycles. The number of fused-ring (bicyclic) bond motifs is 3. The molecule has 5 nitrogen and oxygen atoms in total. The molecule has 0 saturated carbocycles. The van der Waals surface area contributed by atoms with E-state index in [0.717, 1.165) is 29.8 Å². The van der Waals surface area contributed by atoms with E-state index in [-0.39, 0.29) is 5.48 Å². The van der Waals surface area contributed by atoms with E-state index in [1.165, 1.54) is 29.6 Å². The summed E-state index contributed by atoms with van der Waals surface area (Å²) in [6, 6.07) is 11.8. The van der Waals surface area contributed by atoms with Crippen LogP contribution in [0.4, 0.5) is 0 Å². The number of aromatic hydroxyl groups is 1. The Morgan fingerprint density at radius 1 is 1.12 bits per heavy atom. The zero-order chi connectivity index (χ0) is 16.0. The summed E-state index contributed by atoms with van der Waals surface area (Å²) in [5.74, 6) is 1.21. The molecule has 1 aromatic heterocycles. The second kappa shape index (κ2) is 6.17. The molecule has 0 saturated heterocycles. The maximum absolute atomic E-state index is 9.61. The number of rotatable bonds is 2. The number of ether oxygens (including phenoxy) is 1. The molecular weight excluding hydrogens is 304 g/mol. The minimum atomic E-state index is 0. The summed E-state index contributed by atoms with van der Waals surface area (Å²) in [6.07, 6.45) is 2.39. The lowest BCUT2D eigenvalue weighted by atomic mass is 10.0. The highest BCUT2D eigenvalue weighted by molar-refractivity contribution is 5.97. The highest BCUT2D eigenvalue weighted by Crippen LogP contribution is 2.36. The Hall–Kier alpha value is -2.53. The SMILES string of the molecule is COc1cc(C)cc2c1c(-c1ccc(O)cc1)[n+]1n2CCCC1.[OH-]. The summed E-state index contributed by atoms with van der Waals surface area (Å²) >= 11 is 0. The van der Waals surface area contributed by atoms with E-state index in [1.807, 2.05) is 12.1 Å². The number of methoxy groups -OCH3 is 1. The standard InChI is InChI=1S/C19H20N2O2.H2O/c1-13-11-16-18(17(12-13)23-2)19(14-5-7-15(22)8-6-14)21-10-4-3-9-20(16)21;/h5-8,11-12H,3-4,9-10H2,1-2H3;1H2. The molecule has 0 atom stereocenters. The second-order valence-corrected chi connectivity index (χ2v) is 6.21. The lowest BCUT2D eigenvalue weighted by Crippen LogP contribution is -2.47. The summed E-state index contributed by atoms with van der Waals surface area (Å²) in [5, 5.41) is 10.8. The monoisotopic (exact) mass is 326 g/mol. The molecule has 2 heterocycles. The van der Waals surface area contributed by atoms with Crippen molar-refractivity contribution in [1.29, 1.82) is 0 Å². The van der Waals surface area contributed by atoms with E-state index in [0.29, 0.717) is 5.75 Å². The molecule has 4 rings (SSSR count). The maximum atomic E-state index is 9.61.